The van der Waals surface area contributed by atoms with Crippen LogP contribution in [0.1, 0.15) is 73.1 Å². The molecule has 2 aliphatic heterocycles. The number of nitrogens with zero attached hydrogens (tertiary/aromatic N) is 2. The van der Waals surface area contributed by atoms with Crippen LogP contribution in [-0.2, 0) is 14.3 Å². The molecule has 0 spiro atoms. The number of Topliss-reactive ketones (excluding diaryl/α,β-unsaturated/α-hetero) is 1. The van der Waals surface area contributed by atoms with Gasteiger partial charge in [-0.2, -0.15) is 0 Å². The summed E-state index contributed by atoms with van der Waals surface area (Å²) in [5, 5.41) is 3.69. The lowest BCUT2D eigenvalue weighted by Crippen LogP contribution is -2.26. The Morgan fingerprint density at radius 3 is 1.17 bits per heavy atom. The van der Waals surface area contributed by atoms with Crippen LogP contribution in [0.5, 0.6) is 23.0 Å². The Balaban J connectivity index is 0.000000230. The number of ether oxygens (including phenoxy) is 5. The molecule has 4 aromatic rings. The van der Waals surface area contributed by atoms with Crippen LogP contribution >= 0.6 is 92.8 Å². The van der Waals surface area contributed by atoms with Gasteiger partial charge >= 0.3 is 5.97 Å². The third-order valence-corrected chi connectivity index (χ3v) is 11.7. The van der Waals surface area contributed by atoms with E-state index in [-0.39, 0.29) is 18.0 Å². The Kier molecular flexibility index (Phi) is 25.5. The van der Waals surface area contributed by atoms with E-state index in [0.717, 1.165) is 50.2 Å². The lowest BCUT2D eigenvalue weighted by Gasteiger charge is -2.16. The average Bonchev–Trinajstić information content (AvgIpc) is 4.03. The number of halogens is 8. The first-order valence-electron chi connectivity index (χ1n) is 20.9. The van der Waals surface area contributed by atoms with Crippen LogP contribution in [0.3, 0.4) is 0 Å². The fraction of sp³-hybridized carbons (Fsp3) is 0.404. The van der Waals surface area contributed by atoms with E-state index in [1.807, 2.05) is 13.8 Å². The van der Waals surface area contributed by atoms with E-state index >= 15 is 0 Å². The molecule has 4 aromatic carbocycles. The molecule has 10 nitrogen and oxygen atoms in total. The van der Waals surface area contributed by atoms with Crippen LogP contribution in [0.15, 0.2) is 82.8 Å². The maximum atomic E-state index is 11.7. The largest absolute Gasteiger partial charge is 0.482 e. The van der Waals surface area contributed by atoms with Crippen molar-refractivity contribution >= 4 is 116 Å². The molecule has 0 bridgehead atoms. The van der Waals surface area contributed by atoms with E-state index < -0.39 is 18.2 Å². The highest BCUT2D eigenvalue weighted by atomic mass is 35.5. The van der Waals surface area contributed by atoms with Gasteiger partial charge in [0.05, 0.1) is 58.2 Å². The highest BCUT2D eigenvalue weighted by Gasteiger charge is 2.21. The van der Waals surface area contributed by atoms with Gasteiger partial charge in [-0.1, -0.05) is 117 Å². The molecule has 0 unspecified atom stereocenters. The van der Waals surface area contributed by atoms with Crippen molar-refractivity contribution in [2.45, 2.75) is 97.6 Å². The zero-order valence-electron chi connectivity index (χ0n) is 36.7. The molecule has 2 heterocycles. The molecular weight excluding hydrogens is 1000 g/mol. The molecule has 0 fully saturated rings. The number of para-hydroxylation sites is 4. The van der Waals surface area contributed by atoms with Crippen LogP contribution in [-0.4, -0.2) is 73.8 Å². The van der Waals surface area contributed by atoms with Crippen molar-refractivity contribution in [3.8, 4) is 23.0 Å². The minimum Gasteiger partial charge on any atom is -0.482 e. The summed E-state index contributed by atoms with van der Waals surface area (Å²) in [5.41, 5.74) is 7.53. The Morgan fingerprint density at radius 1 is 0.554 bits per heavy atom. The van der Waals surface area contributed by atoms with Crippen molar-refractivity contribution in [3.05, 3.63) is 113 Å². The number of benzene rings is 4. The normalized spacial score (nSPS) is 14.6. The monoisotopic (exact) mass is 1050 g/mol. The topological polar surface area (TPSA) is 131 Å². The molecule has 2 aliphatic rings. The number of carbonyl (C=O) groups is 2. The van der Waals surface area contributed by atoms with Crippen LogP contribution in [0, 0.1) is 0 Å². The van der Waals surface area contributed by atoms with Gasteiger partial charge in [0.25, 0.3) is 0 Å². The predicted octanol–water partition coefficient (Wildman–Crippen LogP) is 14.4. The molecule has 354 valence electrons. The van der Waals surface area contributed by atoms with Gasteiger partial charge in [-0.25, -0.2) is 4.79 Å². The molecular formula is C47H53Cl8N3O7. The fourth-order valence-corrected chi connectivity index (χ4v) is 7.81. The van der Waals surface area contributed by atoms with Gasteiger partial charge in [0.15, 0.2) is 41.0 Å². The fourth-order valence-electron chi connectivity index (χ4n) is 5.86. The first-order valence-corrected chi connectivity index (χ1v) is 23.9. The summed E-state index contributed by atoms with van der Waals surface area (Å²) in [4.78, 5) is 31.8. The first kappa shape index (κ1) is 56.2. The Hall–Kier alpha value is -3.16. The summed E-state index contributed by atoms with van der Waals surface area (Å²) >= 11 is 47.8. The number of hydrogen-bond acceptors (Lipinski definition) is 10. The van der Waals surface area contributed by atoms with Crippen molar-refractivity contribution in [1.82, 2.24) is 0 Å². The van der Waals surface area contributed by atoms with Crippen molar-refractivity contribution in [3.63, 3.8) is 0 Å². The smallest absolute Gasteiger partial charge is 0.347 e. The van der Waals surface area contributed by atoms with Crippen LogP contribution in [0.25, 0.3) is 0 Å². The summed E-state index contributed by atoms with van der Waals surface area (Å²) in [5.74, 6) is 1.29. The number of nitrogens with two attached hydrogens (primary N) is 1. The lowest BCUT2D eigenvalue weighted by molar-refractivity contribution is -0.150. The highest BCUT2D eigenvalue weighted by Crippen LogP contribution is 2.36. The number of rotatable bonds is 16. The maximum Gasteiger partial charge on any atom is 0.347 e. The summed E-state index contributed by atoms with van der Waals surface area (Å²) in [7, 11) is 0. The third kappa shape index (κ3) is 18.8. The Bertz CT molecular complexity index is 2070. The maximum absolute atomic E-state index is 11.7. The molecule has 0 amide bonds. The van der Waals surface area contributed by atoms with Crippen molar-refractivity contribution < 1.29 is 33.3 Å². The molecule has 0 radical (unpaired) electrons. The number of esters is 1. The van der Waals surface area contributed by atoms with Gasteiger partial charge in [-0.3, -0.25) is 14.8 Å². The minimum atomic E-state index is -0.739. The van der Waals surface area contributed by atoms with Crippen molar-refractivity contribution in [1.29, 1.82) is 0 Å². The molecule has 0 aliphatic carbocycles. The van der Waals surface area contributed by atoms with Gasteiger partial charge in [0.1, 0.15) is 12.2 Å². The van der Waals surface area contributed by atoms with Gasteiger partial charge in [0.2, 0.25) is 0 Å². The number of carbonyl (C=O) groups excluding carboxylic acids is 2. The number of hydrogen-bond donors (Lipinski definition) is 1. The molecule has 6 rings (SSSR count). The number of aliphatic imine (C=N–C) groups is 2. The molecule has 0 saturated carbocycles. The molecule has 65 heavy (non-hydrogen) atoms. The van der Waals surface area contributed by atoms with Crippen molar-refractivity contribution in [2.24, 2.45) is 15.7 Å². The number of ketones is 1. The average molecular weight is 1060 g/mol. The summed E-state index contributed by atoms with van der Waals surface area (Å²) < 4.78 is 27.2. The van der Waals surface area contributed by atoms with E-state index in [2.05, 4.69) is 9.98 Å². The zero-order valence-corrected chi connectivity index (χ0v) is 42.7. The van der Waals surface area contributed by atoms with Crippen LogP contribution < -0.4 is 24.7 Å². The first-order chi connectivity index (χ1) is 31.0. The quantitative estimate of drug-likeness (QED) is 0.110. The third-order valence-electron chi connectivity index (χ3n) is 9.30. The Labute approximate surface area is 421 Å². The van der Waals surface area contributed by atoms with E-state index in [9.17, 15) is 9.59 Å². The van der Waals surface area contributed by atoms with Gasteiger partial charge < -0.3 is 29.4 Å². The standard InChI is InChI=1S/C12H15Cl2NO2.2C12H13Cl2NO.C11H12Cl2O3/c1-8(11(16)6-3-7-15)17-12-9(13)4-2-5-10(12)14;2*1-8(11-6-3-7-15-11)16-12-9(13)4-2-5-10(12)14;1-3-15-11(14)7(2)16-10-8(12)5-4-6-9(10)13/h2,4-5,8H,3,6-7,15H2,1H3;2*2,4-5,8H,3,6-7H2,1H3;4-7H,3H2,1-2H3/t3*8-;7-/m0000/s1. The predicted molar refractivity (Wildman–Crippen MR) is 269 cm³/mol. The van der Waals surface area contributed by atoms with E-state index in [1.165, 1.54) is 0 Å². The van der Waals surface area contributed by atoms with Gasteiger partial charge in [0, 0.05) is 19.5 Å². The molecule has 18 heteroatoms. The van der Waals surface area contributed by atoms with E-state index in [1.54, 1.807) is 93.6 Å². The van der Waals surface area contributed by atoms with Crippen LogP contribution in [0.4, 0.5) is 0 Å². The van der Waals surface area contributed by atoms with E-state index in [0.29, 0.717) is 89.2 Å². The van der Waals surface area contributed by atoms with E-state index in [4.69, 9.17) is 122 Å². The molecule has 2 N–H and O–H groups in total. The molecule has 0 saturated heterocycles. The summed E-state index contributed by atoms with van der Waals surface area (Å²) in [6.07, 6.45) is 3.87. The molecule has 4 atom stereocenters. The SMILES string of the molecule is CCOC(=O)[C@H](C)Oc1c(Cl)cccc1Cl.C[C@H](Oc1c(Cl)cccc1Cl)C(=O)CCCN.C[C@H](Oc1c(Cl)cccc1Cl)C1=NCCC1.C[C@H](Oc1c(Cl)cccc1Cl)C1=NCCC1. The lowest BCUT2D eigenvalue weighted by atomic mass is 10.1. The summed E-state index contributed by atoms with van der Waals surface area (Å²) in [6, 6.07) is 20.7. The van der Waals surface area contributed by atoms with Crippen LogP contribution in [0.2, 0.25) is 40.2 Å². The minimum absolute atomic E-state index is 0.00793. The van der Waals surface area contributed by atoms with Gasteiger partial charge in [-0.05, 0) is 122 Å². The van der Waals surface area contributed by atoms with Gasteiger partial charge in [-0.15, -0.1) is 0 Å². The molecule has 0 aromatic heterocycles. The Morgan fingerprint density at radius 2 is 0.877 bits per heavy atom. The second-order valence-corrected chi connectivity index (χ2v) is 17.6. The van der Waals surface area contributed by atoms with Crippen molar-refractivity contribution in [2.75, 3.05) is 26.2 Å². The highest BCUT2D eigenvalue weighted by molar-refractivity contribution is 6.39. The summed E-state index contributed by atoms with van der Waals surface area (Å²) in [6.45, 7) is 11.5. The zero-order chi connectivity index (χ0) is 48.1. The second-order valence-electron chi connectivity index (χ2n) is 14.3. The second kappa shape index (κ2) is 29.6.